The molecule has 2 heteroatoms. The second-order valence-corrected chi connectivity index (χ2v) is 16.2. The Morgan fingerprint density at radius 3 is 1.70 bits per heavy atom. The summed E-state index contributed by atoms with van der Waals surface area (Å²) >= 11 is 0. The zero-order valence-electron chi connectivity index (χ0n) is 31.0. The Kier molecular flexibility index (Phi) is 6.82. The van der Waals surface area contributed by atoms with E-state index in [0.29, 0.717) is 0 Å². The van der Waals surface area contributed by atoms with E-state index in [1.54, 1.807) is 0 Å². The molecule has 0 atom stereocenters. The zero-order valence-corrected chi connectivity index (χ0v) is 31.0. The molecule has 2 nitrogen and oxygen atoms in total. The first-order valence-electron chi connectivity index (χ1n) is 18.8. The molecule has 0 bridgehead atoms. The number of benzene rings is 8. The number of aromatic nitrogens is 1. The number of rotatable bonds is 4. The molecule has 9 aromatic rings. The van der Waals surface area contributed by atoms with E-state index in [2.05, 4.69) is 208 Å². The quantitative estimate of drug-likeness (QED) is 0.168. The van der Waals surface area contributed by atoms with Gasteiger partial charge in [0.05, 0.1) is 11.0 Å². The smallest absolute Gasteiger partial charge is 0.0625 e. The van der Waals surface area contributed by atoms with Gasteiger partial charge >= 0.3 is 0 Å². The maximum Gasteiger partial charge on any atom is 0.0625 e. The Morgan fingerprint density at radius 1 is 0.472 bits per heavy atom. The summed E-state index contributed by atoms with van der Waals surface area (Å²) in [6, 6.07) is 60.8. The van der Waals surface area contributed by atoms with Crippen LogP contribution in [-0.2, 0) is 10.8 Å². The van der Waals surface area contributed by atoms with Gasteiger partial charge in [0.25, 0.3) is 0 Å². The molecule has 0 fully saturated rings. The van der Waals surface area contributed by atoms with Crippen molar-refractivity contribution in [2.75, 3.05) is 4.90 Å². The normalized spacial score (nSPS) is 13.5. The van der Waals surface area contributed by atoms with Crippen LogP contribution >= 0.6 is 0 Å². The number of nitrogens with zero attached hydrogens (tertiary/aromatic N) is 2. The first-order valence-corrected chi connectivity index (χ1v) is 18.8. The molecule has 0 saturated heterocycles. The summed E-state index contributed by atoms with van der Waals surface area (Å²) in [6.45, 7) is 11.6. The van der Waals surface area contributed by atoms with Crippen LogP contribution < -0.4 is 4.90 Å². The van der Waals surface area contributed by atoms with Crippen molar-refractivity contribution in [3.05, 3.63) is 180 Å². The van der Waals surface area contributed by atoms with Gasteiger partial charge in [0, 0.05) is 44.3 Å². The van der Waals surface area contributed by atoms with Crippen LogP contribution in [0.4, 0.5) is 17.1 Å². The fraction of sp³-hybridized carbons (Fsp3) is 0.137. The highest BCUT2D eigenvalue weighted by Gasteiger charge is 2.37. The van der Waals surface area contributed by atoms with Crippen molar-refractivity contribution >= 4 is 60.4 Å². The number of fused-ring (bicyclic) bond motifs is 11. The van der Waals surface area contributed by atoms with E-state index in [0.717, 1.165) is 11.4 Å². The Balaban J connectivity index is 1.15. The van der Waals surface area contributed by atoms with Crippen molar-refractivity contribution in [2.24, 2.45) is 0 Å². The minimum absolute atomic E-state index is 0.0957. The summed E-state index contributed by atoms with van der Waals surface area (Å²) < 4.78 is 2.52. The highest BCUT2D eigenvalue weighted by Crippen LogP contribution is 2.52. The molecule has 8 aromatic carbocycles. The monoisotopic (exact) mass is 682 g/mol. The first-order chi connectivity index (χ1) is 25.7. The predicted molar refractivity (Wildman–Crippen MR) is 227 cm³/mol. The molecule has 0 radical (unpaired) electrons. The lowest BCUT2D eigenvalue weighted by atomic mass is 9.82. The average molecular weight is 683 g/mol. The van der Waals surface area contributed by atoms with Gasteiger partial charge in [0.2, 0.25) is 0 Å². The van der Waals surface area contributed by atoms with Crippen molar-refractivity contribution in [3.8, 4) is 16.8 Å². The third kappa shape index (κ3) is 4.71. The molecule has 1 aromatic heterocycles. The number of hydrogen-bond donors (Lipinski definition) is 0. The maximum atomic E-state index is 2.52. The van der Waals surface area contributed by atoms with E-state index < -0.39 is 0 Å². The van der Waals surface area contributed by atoms with Crippen molar-refractivity contribution in [1.29, 1.82) is 0 Å². The van der Waals surface area contributed by atoms with Crippen LogP contribution in [0, 0.1) is 0 Å². The van der Waals surface area contributed by atoms with Crippen LogP contribution in [0.5, 0.6) is 0 Å². The molecule has 1 aliphatic carbocycles. The number of para-hydroxylation sites is 2. The van der Waals surface area contributed by atoms with Gasteiger partial charge < -0.3 is 9.47 Å². The van der Waals surface area contributed by atoms with E-state index in [-0.39, 0.29) is 10.8 Å². The Hall–Kier alpha value is -6.12. The summed E-state index contributed by atoms with van der Waals surface area (Å²) in [5, 5.41) is 7.77. The predicted octanol–water partition coefficient (Wildman–Crippen LogP) is 14.2. The second kappa shape index (κ2) is 11.4. The number of anilines is 3. The minimum atomic E-state index is -0.206. The van der Waals surface area contributed by atoms with Gasteiger partial charge in [0.15, 0.2) is 0 Å². The largest absolute Gasteiger partial charge is 0.310 e. The van der Waals surface area contributed by atoms with Crippen LogP contribution in [-0.4, -0.2) is 4.57 Å². The van der Waals surface area contributed by atoms with Crippen molar-refractivity contribution in [2.45, 2.75) is 45.4 Å². The Morgan fingerprint density at radius 2 is 1.00 bits per heavy atom. The third-order valence-electron chi connectivity index (χ3n) is 11.7. The molecule has 1 heterocycles. The molecule has 53 heavy (non-hydrogen) atoms. The van der Waals surface area contributed by atoms with E-state index >= 15 is 0 Å². The molecule has 0 amide bonds. The fourth-order valence-corrected chi connectivity index (χ4v) is 9.02. The standard InChI is InChI=1S/C51H42N2/c1-50(2,3)33-23-25-35(26-24-33)52(34-15-7-6-8-16-34)36-27-29-40-41-30-28-37(32-46(41)51(4,5)45(40)31-36)53-47-22-14-13-21-44(47)48-42-19-11-9-17-38(42)39-18-10-12-20-43(39)49(48)53/h6-32H,1-5H3. The number of hydrogen-bond acceptors (Lipinski definition) is 1. The molecule has 0 unspecified atom stereocenters. The molecule has 0 aliphatic heterocycles. The summed E-state index contributed by atoms with van der Waals surface area (Å²) in [7, 11) is 0. The second-order valence-electron chi connectivity index (χ2n) is 16.2. The van der Waals surface area contributed by atoms with Crippen LogP contribution in [0.1, 0.15) is 51.3 Å². The van der Waals surface area contributed by atoms with Crippen molar-refractivity contribution in [1.82, 2.24) is 4.57 Å². The van der Waals surface area contributed by atoms with Gasteiger partial charge in [-0.1, -0.05) is 144 Å². The molecule has 0 spiro atoms. The van der Waals surface area contributed by atoms with Gasteiger partial charge in [-0.3, -0.25) is 0 Å². The van der Waals surface area contributed by atoms with Crippen LogP contribution in [0.3, 0.4) is 0 Å². The van der Waals surface area contributed by atoms with Crippen LogP contribution in [0.2, 0.25) is 0 Å². The molecular weight excluding hydrogens is 641 g/mol. The molecular formula is C51H42N2. The average Bonchev–Trinajstić information content (AvgIpc) is 3.64. The van der Waals surface area contributed by atoms with Gasteiger partial charge in [-0.25, -0.2) is 0 Å². The lowest BCUT2D eigenvalue weighted by Gasteiger charge is -2.29. The van der Waals surface area contributed by atoms with Crippen LogP contribution in [0.25, 0.3) is 60.2 Å². The van der Waals surface area contributed by atoms with E-state index in [4.69, 9.17) is 0 Å². The van der Waals surface area contributed by atoms with Crippen molar-refractivity contribution in [3.63, 3.8) is 0 Å². The molecule has 256 valence electrons. The third-order valence-corrected chi connectivity index (χ3v) is 11.7. The molecule has 1 aliphatic rings. The van der Waals surface area contributed by atoms with E-state index in [1.165, 1.54) is 82.5 Å². The Labute approximate surface area is 311 Å². The fourth-order valence-electron chi connectivity index (χ4n) is 9.02. The summed E-state index contributed by atoms with van der Waals surface area (Å²) in [6.07, 6.45) is 0. The molecule has 0 saturated carbocycles. The molecule has 10 rings (SSSR count). The van der Waals surface area contributed by atoms with Crippen molar-refractivity contribution < 1.29 is 0 Å². The lowest BCUT2D eigenvalue weighted by Crippen LogP contribution is -2.17. The Bertz CT molecular complexity index is 2880. The van der Waals surface area contributed by atoms with E-state index in [1.807, 2.05) is 0 Å². The SMILES string of the molecule is CC(C)(C)c1ccc(N(c2ccccc2)c2ccc3c(c2)C(C)(C)c2cc(-n4c5ccccc5c5c6ccccc6c6ccccc6c54)ccc2-3)cc1. The topological polar surface area (TPSA) is 8.17 Å². The summed E-state index contributed by atoms with van der Waals surface area (Å²) in [5.41, 5.74) is 13.7. The maximum absolute atomic E-state index is 2.52. The van der Waals surface area contributed by atoms with Gasteiger partial charge in [-0.15, -0.1) is 0 Å². The van der Waals surface area contributed by atoms with Gasteiger partial charge in [-0.05, 0) is 104 Å². The zero-order chi connectivity index (χ0) is 36.1. The molecule has 0 N–H and O–H groups in total. The summed E-state index contributed by atoms with van der Waals surface area (Å²) in [5.74, 6) is 0. The van der Waals surface area contributed by atoms with Crippen LogP contribution in [0.15, 0.2) is 164 Å². The minimum Gasteiger partial charge on any atom is -0.310 e. The van der Waals surface area contributed by atoms with Gasteiger partial charge in [0.1, 0.15) is 0 Å². The van der Waals surface area contributed by atoms with Gasteiger partial charge in [-0.2, -0.15) is 0 Å². The summed E-state index contributed by atoms with van der Waals surface area (Å²) in [4.78, 5) is 2.39. The lowest BCUT2D eigenvalue weighted by molar-refractivity contribution is 0.590. The van der Waals surface area contributed by atoms with E-state index in [9.17, 15) is 0 Å². The highest BCUT2D eigenvalue weighted by atomic mass is 15.1. The first kappa shape index (κ1) is 31.6. The highest BCUT2D eigenvalue weighted by molar-refractivity contribution is 6.32.